The number of nitrogens with zero attached hydrogens (tertiary/aromatic N) is 2. The van der Waals surface area contributed by atoms with E-state index in [1.807, 2.05) is 0 Å². The van der Waals surface area contributed by atoms with Crippen LogP contribution in [0, 0.1) is 0 Å². The molecule has 1 amide bonds. The maximum Gasteiger partial charge on any atom is 0.416 e. The summed E-state index contributed by atoms with van der Waals surface area (Å²) in [5.74, 6) is 0.281. The van der Waals surface area contributed by atoms with Gasteiger partial charge in [0.15, 0.2) is 0 Å². The Bertz CT molecular complexity index is 771. The molecule has 0 saturated carbocycles. The van der Waals surface area contributed by atoms with Gasteiger partial charge in [-0.2, -0.15) is 13.2 Å². The van der Waals surface area contributed by atoms with Gasteiger partial charge >= 0.3 is 6.18 Å². The van der Waals surface area contributed by atoms with Crippen molar-refractivity contribution in [1.82, 2.24) is 14.9 Å². The second-order valence-corrected chi connectivity index (χ2v) is 6.01. The summed E-state index contributed by atoms with van der Waals surface area (Å²) in [6.07, 6.45) is -1.64. The van der Waals surface area contributed by atoms with Crippen molar-refractivity contribution < 1.29 is 23.1 Å². The normalized spacial score (nSPS) is 17.2. The molecule has 8 heteroatoms. The molecule has 3 rings (SSSR count). The molecule has 1 aliphatic heterocycles. The number of benzene rings is 1. The summed E-state index contributed by atoms with van der Waals surface area (Å²) in [5.41, 5.74) is 0.304. The average Bonchev–Trinajstić information content (AvgIpc) is 3.02. The van der Waals surface area contributed by atoms with Gasteiger partial charge in [-0.1, -0.05) is 18.2 Å². The highest BCUT2D eigenvalue weighted by atomic mass is 19.4. The van der Waals surface area contributed by atoms with Gasteiger partial charge in [0, 0.05) is 25.4 Å². The first kappa shape index (κ1) is 17.5. The molecule has 1 atom stereocenters. The summed E-state index contributed by atoms with van der Waals surface area (Å²) in [4.78, 5) is 16.4. The van der Waals surface area contributed by atoms with E-state index in [1.165, 1.54) is 18.3 Å². The largest absolute Gasteiger partial charge is 0.416 e. The van der Waals surface area contributed by atoms with Gasteiger partial charge in [0.1, 0.15) is 11.5 Å². The monoisotopic (exact) mass is 353 g/mol. The van der Waals surface area contributed by atoms with E-state index in [0.717, 1.165) is 11.9 Å². The Labute approximate surface area is 142 Å². The molecule has 0 fully saturated rings. The molecule has 134 valence electrons. The standard InChI is InChI=1S/C17H18F3N3O2/c18-17(19,20)13-3-1-2-11(8-13)12-4-5-15-22-9-14(23(15)10-12)16(25)21-6-7-24/h1-3,8-9,12,24H,4-7,10H2,(H,21,25). The van der Waals surface area contributed by atoms with Gasteiger partial charge in [-0.15, -0.1) is 0 Å². The number of amides is 1. The molecule has 0 spiro atoms. The van der Waals surface area contributed by atoms with E-state index in [4.69, 9.17) is 5.11 Å². The Morgan fingerprint density at radius 2 is 2.20 bits per heavy atom. The third-order valence-electron chi connectivity index (χ3n) is 4.37. The minimum Gasteiger partial charge on any atom is -0.395 e. The zero-order valence-electron chi connectivity index (χ0n) is 13.4. The predicted molar refractivity (Wildman–Crippen MR) is 84.2 cm³/mol. The molecular weight excluding hydrogens is 335 g/mol. The van der Waals surface area contributed by atoms with E-state index in [9.17, 15) is 18.0 Å². The lowest BCUT2D eigenvalue weighted by Crippen LogP contribution is -2.30. The molecule has 1 aromatic carbocycles. The fourth-order valence-corrected chi connectivity index (χ4v) is 3.11. The van der Waals surface area contributed by atoms with Crippen molar-refractivity contribution in [1.29, 1.82) is 0 Å². The second kappa shape index (κ2) is 6.87. The third-order valence-corrected chi connectivity index (χ3v) is 4.37. The molecule has 5 nitrogen and oxygen atoms in total. The number of aliphatic hydroxyl groups excluding tert-OH is 1. The minimum absolute atomic E-state index is 0.117. The maximum atomic E-state index is 12.9. The number of carbonyl (C=O) groups is 1. The lowest BCUT2D eigenvalue weighted by Gasteiger charge is -2.26. The van der Waals surface area contributed by atoms with Crippen molar-refractivity contribution in [3.05, 3.63) is 53.1 Å². The zero-order valence-corrected chi connectivity index (χ0v) is 13.4. The molecule has 25 heavy (non-hydrogen) atoms. The topological polar surface area (TPSA) is 67.2 Å². The molecule has 0 radical (unpaired) electrons. The van der Waals surface area contributed by atoms with Gasteiger partial charge in [0.25, 0.3) is 5.91 Å². The number of hydrogen-bond donors (Lipinski definition) is 2. The van der Waals surface area contributed by atoms with Gasteiger partial charge in [0.2, 0.25) is 0 Å². The van der Waals surface area contributed by atoms with E-state index in [-0.39, 0.29) is 25.0 Å². The van der Waals surface area contributed by atoms with Crippen LogP contribution in [-0.4, -0.2) is 33.7 Å². The van der Waals surface area contributed by atoms with Crippen LogP contribution < -0.4 is 5.32 Å². The van der Waals surface area contributed by atoms with Crippen LogP contribution in [0.2, 0.25) is 0 Å². The van der Waals surface area contributed by atoms with Crippen LogP contribution in [0.25, 0.3) is 0 Å². The predicted octanol–water partition coefficient (Wildman–Crippen LogP) is 2.35. The summed E-state index contributed by atoms with van der Waals surface area (Å²) < 4.78 is 40.5. The third kappa shape index (κ3) is 3.68. The van der Waals surface area contributed by atoms with Crippen LogP contribution in [0.1, 0.15) is 39.8 Å². The quantitative estimate of drug-likeness (QED) is 0.887. The minimum atomic E-state index is -4.37. The lowest BCUT2D eigenvalue weighted by atomic mass is 9.90. The summed E-state index contributed by atoms with van der Waals surface area (Å²) in [6, 6.07) is 5.34. The van der Waals surface area contributed by atoms with Crippen LogP contribution in [0.3, 0.4) is 0 Å². The molecule has 0 bridgehead atoms. The van der Waals surface area contributed by atoms with E-state index in [2.05, 4.69) is 10.3 Å². The number of imidazole rings is 1. The molecule has 1 aliphatic rings. The Balaban J connectivity index is 1.84. The maximum absolute atomic E-state index is 12.9. The van der Waals surface area contributed by atoms with E-state index in [1.54, 1.807) is 10.6 Å². The molecule has 2 aromatic rings. The Kier molecular flexibility index (Phi) is 4.80. The van der Waals surface area contributed by atoms with Gasteiger partial charge in [-0.3, -0.25) is 4.79 Å². The number of aromatic nitrogens is 2. The summed E-state index contributed by atoms with van der Waals surface area (Å²) in [5, 5.41) is 11.4. The fourth-order valence-electron chi connectivity index (χ4n) is 3.11. The van der Waals surface area contributed by atoms with E-state index in [0.29, 0.717) is 30.6 Å². The SMILES string of the molecule is O=C(NCCO)c1cnc2n1CC(c1cccc(C(F)(F)F)c1)CC2. The molecule has 2 heterocycles. The molecule has 2 N–H and O–H groups in total. The van der Waals surface area contributed by atoms with E-state index < -0.39 is 11.7 Å². The van der Waals surface area contributed by atoms with Crippen molar-refractivity contribution in [2.45, 2.75) is 31.5 Å². The number of aryl methyl sites for hydroxylation is 1. The Morgan fingerprint density at radius 3 is 2.92 bits per heavy atom. The number of halogens is 3. The zero-order chi connectivity index (χ0) is 18.0. The Morgan fingerprint density at radius 1 is 1.40 bits per heavy atom. The van der Waals surface area contributed by atoms with Crippen LogP contribution in [0.5, 0.6) is 0 Å². The van der Waals surface area contributed by atoms with Gasteiger partial charge in [-0.25, -0.2) is 4.98 Å². The molecule has 0 saturated heterocycles. The summed E-state index contributed by atoms with van der Waals surface area (Å²) >= 11 is 0. The lowest BCUT2D eigenvalue weighted by molar-refractivity contribution is -0.137. The van der Waals surface area contributed by atoms with Crippen LogP contribution in [0.4, 0.5) is 13.2 Å². The second-order valence-electron chi connectivity index (χ2n) is 6.01. The highest BCUT2D eigenvalue weighted by Crippen LogP contribution is 2.34. The number of aliphatic hydroxyl groups is 1. The van der Waals surface area contributed by atoms with Crippen LogP contribution in [-0.2, 0) is 19.1 Å². The fraction of sp³-hybridized carbons (Fsp3) is 0.412. The number of hydrogen-bond acceptors (Lipinski definition) is 3. The number of alkyl halides is 3. The average molecular weight is 353 g/mol. The number of carbonyl (C=O) groups excluding carboxylic acids is 1. The van der Waals surface area contributed by atoms with Crippen LogP contribution in [0.15, 0.2) is 30.5 Å². The van der Waals surface area contributed by atoms with Crippen molar-refractivity contribution in [3.8, 4) is 0 Å². The molecule has 1 aromatic heterocycles. The van der Waals surface area contributed by atoms with Crippen molar-refractivity contribution in [3.63, 3.8) is 0 Å². The molecular formula is C17H18F3N3O2. The highest BCUT2D eigenvalue weighted by molar-refractivity contribution is 5.92. The number of nitrogens with one attached hydrogen (secondary N) is 1. The summed E-state index contributed by atoms with van der Waals surface area (Å²) in [6.45, 7) is 0.370. The van der Waals surface area contributed by atoms with Gasteiger partial charge in [-0.05, 0) is 18.1 Å². The Hall–Kier alpha value is -2.35. The van der Waals surface area contributed by atoms with Crippen molar-refractivity contribution >= 4 is 5.91 Å². The van der Waals surface area contributed by atoms with Gasteiger partial charge in [0.05, 0.1) is 18.4 Å². The first-order valence-corrected chi connectivity index (χ1v) is 8.00. The first-order valence-electron chi connectivity index (χ1n) is 8.00. The highest BCUT2D eigenvalue weighted by Gasteiger charge is 2.32. The van der Waals surface area contributed by atoms with Crippen molar-refractivity contribution in [2.24, 2.45) is 0 Å². The van der Waals surface area contributed by atoms with Crippen LogP contribution >= 0.6 is 0 Å². The smallest absolute Gasteiger partial charge is 0.395 e. The molecule has 1 unspecified atom stereocenters. The summed E-state index contributed by atoms with van der Waals surface area (Å²) in [7, 11) is 0. The van der Waals surface area contributed by atoms with E-state index >= 15 is 0 Å². The van der Waals surface area contributed by atoms with Gasteiger partial charge < -0.3 is 15.0 Å². The number of rotatable bonds is 4. The number of fused-ring (bicyclic) bond motifs is 1. The molecule has 0 aliphatic carbocycles. The first-order chi connectivity index (χ1) is 11.9. The van der Waals surface area contributed by atoms with Crippen molar-refractivity contribution in [2.75, 3.05) is 13.2 Å².